The summed E-state index contributed by atoms with van der Waals surface area (Å²) in [5, 5.41) is 21.0. The average molecular weight is 367 g/mol. The highest BCUT2D eigenvalue weighted by atomic mass is 19.1. The van der Waals surface area contributed by atoms with Crippen LogP contribution in [-0.4, -0.2) is 25.3 Å². The first-order valence-corrected chi connectivity index (χ1v) is 8.19. The number of aliphatic hydroxyl groups excluding tert-OH is 1. The number of aromatic amines is 1. The van der Waals surface area contributed by atoms with Crippen molar-refractivity contribution in [3.8, 4) is 0 Å². The molecule has 4 aromatic rings. The van der Waals surface area contributed by atoms with Crippen LogP contribution >= 0.6 is 0 Å². The fourth-order valence-electron chi connectivity index (χ4n) is 2.73. The summed E-state index contributed by atoms with van der Waals surface area (Å²) in [6.45, 7) is 1.85. The van der Waals surface area contributed by atoms with Gasteiger partial charge in [-0.15, -0.1) is 0 Å². The quantitative estimate of drug-likeness (QED) is 0.511. The molecular weight excluding hydrogens is 352 g/mol. The van der Waals surface area contributed by atoms with Gasteiger partial charge in [0, 0.05) is 17.1 Å². The normalized spacial score (nSPS) is 12.3. The molecule has 0 saturated carbocycles. The van der Waals surface area contributed by atoms with E-state index in [2.05, 4.69) is 25.5 Å². The van der Waals surface area contributed by atoms with Gasteiger partial charge in [0.1, 0.15) is 23.6 Å². The molecule has 0 bridgehead atoms. The first kappa shape index (κ1) is 17.0. The molecule has 1 atom stereocenters. The molecule has 0 aliphatic carbocycles. The topological polar surface area (TPSA) is 86.7 Å². The molecule has 0 fully saturated rings. The Labute approximate surface area is 152 Å². The fourth-order valence-corrected chi connectivity index (χ4v) is 2.73. The molecule has 6 nitrogen and oxygen atoms in total. The maximum atomic E-state index is 13.7. The molecule has 4 rings (SSSR count). The third kappa shape index (κ3) is 3.47. The number of anilines is 2. The highest BCUT2D eigenvalue weighted by Crippen LogP contribution is 2.28. The van der Waals surface area contributed by atoms with Gasteiger partial charge in [-0.25, -0.2) is 18.7 Å². The molecule has 27 heavy (non-hydrogen) atoms. The van der Waals surface area contributed by atoms with Gasteiger partial charge in [-0.1, -0.05) is 12.1 Å². The summed E-state index contributed by atoms with van der Waals surface area (Å²) >= 11 is 0. The second kappa shape index (κ2) is 6.73. The SMILES string of the molecule is Cc1cc(Nc2nc([C@@H](O)c3ccc(F)cc3)nc3ccc(F)cc23)n[nH]1. The van der Waals surface area contributed by atoms with E-state index in [1.54, 1.807) is 6.07 Å². The lowest BCUT2D eigenvalue weighted by atomic mass is 10.1. The number of H-pyrrole nitrogens is 1. The van der Waals surface area contributed by atoms with Gasteiger partial charge in [-0.3, -0.25) is 5.10 Å². The van der Waals surface area contributed by atoms with Gasteiger partial charge in [0.25, 0.3) is 0 Å². The van der Waals surface area contributed by atoms with Crippen molar-refractivity contribution < 1.29 is 13.9 Å². The zero-order chi connectivity index (χ0) is 19.0. The predicted molar refractivity (Wildman–Crippen MR) is 96.6 cm³/mol. The van der Waals surface area contributed by atoms with Crippen LogP contribution in [0.25, 0.3) is 10.9 Å². The third-order valence-electron chi connectivity index (χ3n) is 4.06. The van der Waals surface area contributed by atoms with Crippen LogP contribution in [0.3, 0.4) is 0 Å². The lowest BCUT2D eigenvalue weighted by molar-refractivity contribution is 0.210. The molecule has 8 heteroatoms. The first-order chi connectivity index (χ1) is 13.0. The molecular formula is C19H15F2N5O. The van der Waals surface area contributed by atoms with E-state index in [0.29, 0.717) is 28.1 Å². The molecule has 0 amide bonds. The Morgan fingerprint density at radius 3 is 2.44 bits per heavy atom. The minimum Gasteiger partial charge on any atom is -0.380 e. The van der Waals surface area contributed by atoms with E-state index in [0.717, 1.165) is 5.69 Å². The van der Waals surface area contributed by atoms with Crippen LogP contribution in [0.5, 0.6) is 0 Å². The highest BCUT2D eigenvalue weighted by Gasteiger charge is 2.18. The van der Waals surface area contributed by atoms with Crippen LogP contribution in [0.1, 0.15) is 23.2 Å². The number of halogens is 2. The molecule has 0 spiro atoms. The van der Waals surface area contributed by atoms with Crippen molar-refractivity contribution in [2.75, 3.05) is 5.32 Å². The van der Waals surface area contributed by atoms with Crippen LogP contribution in [0.2, 0.25) is 0 Å². The largest absolute Gasteiger partial charge is 0.380 e. The summed E-state index contributed by atoms with van der Waals surface area (Å²) in [5.74, 6) is 0.0768. The van der Waals surface area contributed by atoms with Crippen LogP contribution in [0, 0.1) is 18.6 Å². The van der Waals surface area contributed by atoms with E-state index in [-0.39, 0.29) is 5.82 Å². The number of aromatic nitrogens is 4. The molecule has 0 saturated heterocycles. The lowest BCUT2D eigenvalue weighted by Crippen LogP contribution is -2.08. The molecule has 136 valence electrons. The number of nitrogens with one attached hydrogen (secondary N) is 2. The van der Waals surface area contributed by atoms with E-state index in [4.69, 9.17) is 0 Å². The number of aliphatic hydroxyl groups is 1. The Hall–Kier alpha value is -3.39. The number of aryl methyl sites for hydroxylation is 1. The highest BCUT2D eigenvalue weighted by molar-refractivity contribution is 5.90. The Bertz CT molecular complexity index is 1110. The van der Waals surface area contributed by atoms with Crippen LogP contribution in [0.15, 0.2) is 48.5 Å². The van der Waals surface area contributed by atoms with Crippen molar-refractivity contribution in [2.45, 2.75) is 13.0 Å². The Morgan fingerprint density at radius 2 is 1.74 bits per heavy atom. The summed E-state index contributed by atoms with van der Waals surface area (Å²) in [6, 6.07) is 11.3. The standard InChI is InChI=1S/C19H15F2N5O/c1-10-8-16(26-25-10)23-18-14-9-13(21)6-7-15(14)22-19(24-18)17(27)11-2-4-12(20)5-3-11/h2-9,17,27H,1H3,(H2,22,23,24,25,26)/t17-/m0/s1. The van der Waals surface area contributed by atoms with Crippen LogP contribution in [-0.2, 0) is 0 Å². The maximum absolute atomic E-state index is 13.7. The van der Waals surface area contributed by atoms with Crippen molar-refractivity contribution >= 4 is 22.5 Å². The van der Waals surface area contributed by atoms with Crippen LogP contribution in [0.4, 0.5) is 20.4 Å². The van der Waals surface area contributed by atoms with Crippen molar-refractivity contribution in [1.82, 2.24) is 20.2 Å². The summed E-state index contributed by atoms with van der Waals surface area (Å²) in [7, 11) is 0. The minimum atomic E-state index is -1.17. The molecule has 0 aliphatic rings. The smallest absolute Gasteiger partial charge is 0.164 e. The number of hydrogen-bond acceptors (Lipinski definition) is 5. The second-order valence-corrected chi connectivity index (χ2v) is 6.11. The molecule has 0 unspecified atom stereocenters. The molecule has 2 aromatic carbocycles. The molecule has 2 heterocycles. The predicted octanol–water partition coefficient (Wildman–Crippen LogP) is 3.76. The minimum absolute atomic E-state index is 0.107. The Morgan fingerprint density at radius 1 is 1.00 bits per heavy atom. The van der Waals surface area contributed by atoms with Gasteiger partial charge in [0.2, 0.25) is 0 Å². The van der Waals surface area contributed by atoms with Crippen molar-refractivity contribution in [1.29, 1.82) is 0 Å². The number of fused-ring (bicyclic) bond motifs is 1. The molecule has 3 N–H and O–H groups in total. The summed E-state index contributed by atoms with van der Waals surface area (Å²) in [5.41, 5.74) is 1.74. The number of hydrogen-bond donors (Lipinski definition) is 3. The molecule has 0 radical (unpaired) electrons. The van der Waals surface area contributed by atoms with Gasteiger partial charge in [0.15, 0.2) is 11.6 Å². The van der Waals surface area contributed by atoms with Crippen molar-refractivity contribution in [3.05, 3.63) is 77.2 Å². The van der Waals surface area contributed by atoms with Crippen LogP contribution < -0.4 is 5.32 Å². The van der Waals surface area contributed by atoms with E-state index in [1.165, 1.54) is 42.5 Å². The van der Waals surface area contributed by atoms with Gasteiger partial charge in [0.05, 0.1) is 5.52 Å². The van der Waals surface area contributed by atoms with E-state index in [9.17, 15) is 13.9 Å². The summed E-state index contributed by atoms with van der Waals surface area (Å²) < 4.78 is 26.9. The summed E-state index contributed by atoms with van der Waals surface area (Å²) in [4.78, 5) is 8.69. The van der Waals surface area contributed by atoms with Gasteiger partial charge >= 0.3 is 0 Å². The average Bonchev–Trinajstić information content (AvgIpc) is 3.07. The van der Waals surface area contributed by atoms with Crippen molar-refractivity contribution in [3.63, 3.8) is 0 Å². The van der Waals surface area contributed by atoms with E-state index >= 15 is 0 Å². The van der Waals surface area contributed by atoms with Gasteiger partial charge < -0.3 is 10.4 Å². The zero-order valence-corrected chi connectivity index (χ0v) is 14.2. The lowest BCUT2D eigenvalue weighted by Gasteiger charge is -2.14. The van der Waals surface area contributed by atoms with Gasteiger partial charge in [-0.2, -0.15) is 5.10 Å². The Balaban J connectivity index is 1.81. The third-order valence-corrected chi connectivity index (χ3v) is 4.06. The fraction of sp³-hybridized carbons (Fsp3) is 0.105. The van der Waals surface area contributed by atoms with Crippen molar-refractivity contribution in [2.24, 2.45) is 0 Å². The molecule has 0 aliphatic heterocycles. The number of benzene rings is 2. The summed E-state index contributed by atoms with van der Waals surface area (Å²) in [6.07, 6.45) is -1.17. The Kier molecular flexibility index (Phi) is 4.25. The zero-order valence-electron chi connectivity index (χ0n) is 14.2. The maximum Gasteiger partial charge on any atom is 0.164 e. The number of nitrogens with zero attached hydrogens (tertiary/aromatic N) is 3. The number of rotatable bonds is 4. The second-order valence-electron chi connectivity index (χ2n) is 6.11. The molecule has 2 aromatic heterocycles. The first-order valence-electron chi connectivity index (χ1n) is 8.19. The van der Waals surface area contributed by atoms with Gasteiger partial charge in [-0.05, 0) is 42.8 Å². The van der Waals surface area contributed by atoms with E-state index in [1.807, 2.05) is 6.92 Å². The monoisotopic (exact) mass is 367 g/mol. The van der Waals surface area contributed by atoms with E-state index < -0.39 is 17.7 Å².